The third-order valence-electron chi connectivity index (χ3n) is 6.29. The highest BCUT2D eigenvalue weighted by Crippen LogP contribution is 2.31. The molecule has 0 aliphatic heterocycles. The maximum absolute atomic E-state index is 12.6. The summed E-state index contributed by atoms with van der Waals surface area (Å²) in [5.74, 6) is -0.143. The van der Waals surface area contributed by atoms with Gasteiger partial charge in [0, 0.05) is 17.8 Å². The van der Waals surface area contributed by atoms with Crippen molar-refractivity contribution < 1.29 is 19.4 Å². The average Bonchev–Trinajstić information content (AvgIpc) is 2.83. The van der Waals surface area contributed by atoms with Gasteiger partial charge in [0.15, 0.2) is 0 Å². The highest BCUT2D eigenvalue weighted by molar-refractivity contribution is 6.33. The van der Waals surface area contributed by atoms with E-state index in [1.807, 2.05) is 19.1 Å². The van der Waals surface area contributed by atoms with Crippen LogP contribution in [0.25, 0.3) is 0 Å². The minimum atomic E-state index is -0.720. The van der Waals surface area contributed by atoms with E-state index >= 15 is 0 Å². The number of pyridine rings is 1. The molecule has 33 heavy (non-hydrogen) atoms. The second-order valence-corrected chi connectivity index (χ2v) is 8.98. The van der Waals surface area contributed by atoms with Crippen molar-refractivity contribution in [2.45, 2.75) is 52.0 Å². The summed E-state index contributed by atoms with van der Waals surface area (Å²) in [7, 11) is 1.62. The number of ether oxygens (including phenoxy) is 1. The smallest absolute Gasteiger partial charge is 0.306 e. The quantitative estimate of drug-likeness (QED) is 0.468. The Kier molecular flexibility index (Phi) is 8.55. The molecule has 1 aromatic carbocycles. The van der Waals surface area contributed by atoms with Crippen molar-refractivity contribution in [2.75, 3.05) is 19.0 Å². The fourth-order valence-corrected chi connectivity index (χ4v) is 4.45. The molecule has 3 N–H and O–H groups in total. The summed E-state index contributed by atoms with van der Waals surface area (Å²) >= 11 is 6.48. The predicted molar refractivity (Wildman–Crippen MR) is 129 cm³/mol. The molecule has 3 rings (SSSR count). The molecule has 0 bridgehead atoms. The number of carbonyl (C=O) groups excluding carboxylic acids is 1. The number of halogens is 1. The highest BCUT2D eigenvalue weighted by atomic mass is 35.5. The lowest BCUT2D eigenvalue weighted by Crippen LogP contribution is -2.32. The number of aryl methyl sites for hydroxylation is 1. The number of nitrogens with one attached hydrogen (secondary N) is 2. The number of carboxylic acid groups (broad SMARTS) is 1. The lowest BCUT2D eigenvalue weighted by Gasteiger charge is -2.26. The fourth-order valence-electron chi connectivity index (χ4n) is 4.21. The molecule has 1 unspecified atom stereocenters. The predicted octanol–water partition coefficient (Wildman–Crippen LogP) is 5.10. The largest absolute Gasteiger partial charge is 0.495 e. The molecule has 0 radical (unpaired) electrons. The number of benzene rings is 1. The van der Waals surface area contributed by atoms with Crippen LogP contribution in [0, 0.1) is 11.8 Å². The average molecular weight is 474 g/mol. The van der Waals surface area contributed by atoms with E-state index in [1.54, 1.807) is 25.3 Å². The lowest BCUT2D eigenvalue weighted by atomic mass is 9.82. The molecule has 1 aromatic heterocycles. The molecule has 1 aliphatic carbocycles. The summed E-state index contributed by atoms with van der Waals surface area (Å²) < 4.78 is 5.46. The number of methoxy groups -OCH3 is 1. The monoisotopic (exact) mass is 473 g/mol. The number of hydrogen-bond donors (Lipinski definition) is 3. The molecular formula is C25H32ClN3O4. The first-order chi connectivity index (χ1) is 15.8. The van der Waals surface area contributed by atoms with Crippen LogP contribution in [-0.2, 0) is 11.2 Å². The van der Waals surface area contributed by atoms with E-state index in [0.29, 0.717) is 47.3 Å². The topological polar surface area (TPSA) is 101 Å². The molecule has 1 heterocycles. The second-order valence-electron chi connectivity index (χ2n) is 8.57. The number of rotatable bonds is 9. The zero-order valence-corrected chi connectivity index (χ0v) is 20.1. The van der Waals surface area contributed by atoms with Crippen molar-refractivity contribution in [1.29, 1.82) is 0 Å². The number of carboxylic acids is 1. The van der Waals surface area contributed by atoms with E-state index in [9.17, 15) is 9.59 Å². The van der Waals surface area contributed by atoms with Gasteiger partial charge in [0.25, 0.3) is 5.91 Å². The summed E-state index contributed by atoms with van der Waals surface area (Å²) in [5, 5.41) is 15.9. The molecule has 1 amide bonds. The highest BCUT2D eigenvalue weighted by Gasteiger charge is 2.26. The Labute approximate surface area is 199 Å². The number of amides is 1. The minimum Gasteiger partial charge on any atom is -0.495 e. The van der Waals surface area contributed by atoms with Gasteiger partial charge in [-0.1, -0.05) is 18.5 Å². The van der Waals surface area contributed by atoms with E-state index in [1.165, 1.54) is 0 Å². The van der Waals surface area contributed by atoms with Crippen LogP contribution in [0.2, 0.25) is 5.02 Å². The number of aromatic nitrogens is 1. The van der Waals surface area contributed by atoms with Gasteiger partial charge < -0.3 is 20.5 Å². The summed E-state index contributed by atoms with van der Waals surface area (Å²) in [6, 6.07) is 8.91. The summed E-state index contributed by atoms with van der Waals surface area (Å²) in [6.45, 7) is 4.58. The van der Waals surface area contributed by atoms with Gasteiger partial charge in [-0.3, -0.25) is 14.6 Å². The Morgan fingerprint density at radius 3 is 2.55 bits per heavy atom. The number of anilines is 1. The van der Waals surface area contributed by atoms with Crippen LogP contribution in [0.1, 0.15) is 67.3 Å². The second kappa shape index (κ2) is 11.4. The standard InChI is InChI=1S/C25H32ClN3O4/c1-4-19-10-12-22(33-3)23(29-19)15(2)28-21-11-9-18(13-20(21)26)24(30)27-14-16-5-7-17(8-6-16)25(31)32/h9-13,15-17,28H,4-8,14H2,1-3H3,(H,27,30)(H,31,32)/t15?,16-,17-. The van der Waals surface area contributed by atoms with E-state index in [-0.39, 0.29) is 17.9 Å². The minimum absolute atomic E-state index is 0.149. The van der Waals surface area contributed by atoms with Crippen LogP contribution in [0.5, 0.6) is 5.75 Å². The first-order valence-electron chi connectivity index (χ1n) is 11.4. The van der Waals surface area contributed by atoms with Gasteiger partial charge in [0.2, 0.25) is 0 Å². The van der Waals surface area contributed by atoms with Crippen molar-refractivity contribution in [3.8, 4) is 5.75 Å². The Morgan fingerprint density at radius 2 is 1.94 bits per heavy atom. The van der Waals surface area contributed by atoms with Gasteiger partial charge in [0.05, 0.1) is 29.8 Å². The van der Waals surface area contributed by atoms with Gasteiger partial charge >= 0.3 is 5.97 Å². The van der Waals surface area contributed by atoms with Crippen LogP contribution < -0.4 is 15.4 Å². The van der Waals surface area contributed by atoms with Gasteiger partial charge in [-0.25, -0.2) is 0 Å². The Bertz CT molecular complexity index is 990. The third-order valence-corrected chi connectivity index (χ3v) is 6.60. The molecule has 178 valence electrons. The maximum Gasteiger partial charge on any atom is 0.306 e. The van der Waals surface area contributed by atoms with E-state index < -0.39 is 5.97 Å². The number of carbonyl (C=O) groups is 2. The Hall–Kier alpha value is -2.80. The van der Waals surface area contributed by atoms with Crippen LogP contribution in [0.4, 0.5) is 5.69 Å². The molecule has 1 saturated carbocycles. The van der Waals surface area contributed by atoms with Gasteiger partial charge in [-0.15, -0.1) is 0 Å². The van der Waals surface area contributed by atoms with Crippen molar-refractivity contribution in [2.24, 2.45) is 11.8 Å². The molecule has 2 aromatic rings. The lowest BCUT2D eigenvalue weighted by molar-refractivity contribution is -0.143. The molecule has 7 nitrogen and oxygen atoms in total. The zero-order chi connectivity index (χ0) is 24.0. The molecule has 0 spiro atoms. The summed E-state index contributed by atoms with van der Waals surface area (Å²) in [5.41, 5.74) is 2.97. The van der Waals surface area contributed by atoms with Crippen molar-refractivity contribution in [1.82, 2.24) is 10.3 Å². The van der Waals surface area contributed by atoms with Crippen LogP contribution in [-0.4, -0.2) is 35.6 Å². The van der Waals surface area contributed by atoms with E-state index in [2.05, 4.69) is 22.5 Å². The molecule has 0 saturated heterocycles. The maximum atomic E-state index is 12.6. The fraction of sp³-hybridized carbons (Fsp3) is 0.480. The first-order valence-corrected chi connectivity index (χ1v) is 11.8. The van der Waals surface area contributed by atoms with Gasteiger partial charge in [0.1, 0.15) is 11.4 Å². The normalized spacial score (nSPS) is 18.9. The van der Waals surface area contributed by atoms with Gasteiger partial charge in [-0.05, 0) is 75.3 Å². The molecule has 1 aliphatic rings. The van der Waals surface area contributed by atoms with Crippen LogP contribution in [0.15, 0.2) is 30.3 Å². The number of hydrogen-bond acceptors (Lipinski definition) is 5. The van der Waals surface area contributed by atoms with Crippen molar-refractivity contribution in [3.63, 3.8) is 0 Å². The molecule has 1 atom stereocenters. The Morgan fingerprint density at radius 1 is 1.21 bits per heavy atom. The SMILES string of the molecule is CCc1ccc(OC)c(C(C)Nc2ccc(C(=O)NC[C@H]3CC[C@H](C(=O)O)CC3)cc2Cl)n1. The van der Waals surface area contributed by atoms with E-state index in [0.717, 1.165) is 30.7 Å². The molecule has 8 heteroatoms. The van der Waals surface area contributed by atoms with Crippen molar-refractivity contribution in [3.05, 3.63) is 52.3 Å². The number of nitrogens with zero attached hydrogens (tertiary/aromatic N) is 1. The Balaban J connectivity index is 1.59. The van der Waals surface area contributed by atoms with E-state index in [4.69, 9.17) is 21.4 Å². The van der Waals surface area contributed by atoms with Crippen molar-refractivity contribution >= 4 is 29.2 Å². The van der Waals surface area contributed by atoms with Crippen LogP contribution >= 0.6 is 11.6 Å². The summed E-state index contributed by atoms with van der Waals surface area (Å²) in [4.78, 5) is 28.4. The molecule has 1 fully saturated rings. The van der Waals surface area contributed by atoms with Crippen LogP contribution in [0.3, 0.4) is 0 Å². The first kappa shape index (κ1) is 24.8. The molecular weight excluding hydrogens is 442 g/mol. The zero-order valence-electron chi connectivity index (χ0n) is 19.4. The third kappa shape index (κ3) is 6.38. The van der Waals surface area contributed by atoms with Gasteiger partial charge in [-0.2, -0.15) is 0 Å². The number of aliphatic carboxylic acids is 1. The summed E-state index contributed by atoms with van der Waals surface area (Å²) in [6.07, 6.45) is 3.79.